The molecule has 4 heteroatoms. The van der Waals surface area contributed by atoms with E-state index in [1.807, 2.05) is 18.2 Å². The van der Waals surface area contributed by atoms with E-state index >= 15 is 0 Å². The molecule has 1 unspecified atom stereocenters. The third-order valence-corrected chi connectivity index (χ3v) is 2.50. The lowest BCUT2D eigenvalue weighted by Gasteiger charge is -2.10. The van der Waals surface area contributed by atoms with Crippen molar-refractivity contribution in [3.63, 3.8) is 0 Å². The molecule has 74 valence electrons. The molecule has 2 N–H and O–H groups in total. The maximum Gasteiger partial charge on any atom is 0.217 e. The van der Waals surface area contributed by atoms with E-state index in [9.17, 15) is 4.79 Å². The number of halogens is 1. The lowest BCUT2D eigenvalue weighted by Crippen LogP contribution is -2.27. The minimum Gasteiger partial charge on any atom is -0.382 e. The van der Waals surface area contributed by atoms with Crippen LogP contribution in [0.4, 0.5) is 5.69 Å². The highest BCUT2D eigenvalue weighted by Gasteiger charge is 2.22. The maximum absolute atomic E-state index is 10.9. The number of amides is 1. The van der Waals surface area contributed by atoms with Crippen molar-refractivity contribution < 1.29 is 4.79 Å². The molecule has 1 aromatic carbocycles. The van der Waals surface area contributed by atoms with Crippen LogP contribution >= 0.6 is 11.6 Å². The van der Waals surface area contributed by atoms with E-state index in [1.165, 1.54) is 6.92 Å². The van der Waals surface area contributed by atoms with E-state index in [2.05, 4.69) is 10.6 Å². The van der Waals surface area contributed by atoms with E-state index in [1.54, 1.807) is 0 Å². The maximum atomic E-state index is 10.9. The van der Waals surface area contributed by atoms with Crippen LogP contribution in [0.25, 0.3) is 0 Å². The molecule has 1 heterocycles. The third-order valence-electron chi connectivity index (χ3n) is 2.26. The summed E-state index contributed by atoms with van der Waals surface area (Å²) in [5.74, 6) is -0.0235. The Bertz CT molecular complexity index is 378. The van der Waals surface area contributed by atoms with Gasteiger partial charge in [0.1, 0.15) is 0 Å². The average Bonchev–Trinajstić information content (AvgIpc) is 2.47. The Morgan fingerprint density at radius 2 is 2.43 bits per heavy atom. The van der Waals surface area contributed by atoms with Gasteiger partial charge in [0.05, 0.1) is 6.04 Å². The zero-order chi connectivity index (χ0) is 10.1. The Hall–Kier alpha value is -1.22. The zero-order valence-corrected chi connectivity index (χ0v) is 8.56. The van der Waals surface area contributed by atoms with Crippen molar-refractivity contribution in [2.45, 2.75) is 13.0 Å². The number of anilines is 1. The smallest absolute Gasteiger partial charge is 0.217 e. The second kappa shape index (κ2) is 3.50. The van der Waals surface area contributed by atoms with Crippen molar-refractivity contribution in [3.8, 4) is 0 Å². The van der Waals surface area contributed by atoms with Gasteiger partial charge in [-0.3, -0.25) is 4.79 Å². The highest BCUT2D eigenvalue weighted by atomic mass is 35.5. The molecule has 0 aliphatic carbocycles. The first kappa shape index (κ1) is 9.34. The molecule has 1 atom stereocenters. The van der Waals surface area contributed by atoms with Crippen LogP contribution in [0.1, 0.15) is 18.5 Å². The molecule has 1 aliphatic rings. The van der Waals surface area contributed by atoms with E-state index in [4.69, 9.17) is 11.6 Å². The number of hydrogen-bond donors (Lipinski definition) is 2. The predicted molar refractivity (Wildman–Crippen MR) is 56.5 cm³/mol. The number of rotatable bonds is 1. The normalized spacial score (nSPS) is 18.6. The summed E-state index contributed by atoms with van der Waals surface area (Å²) in [6.45, 7) is 2.25. The Kier molecular flexibility index (Phi) is 2.33. The number of carbonyl (C=O) groups is 1. The first-order chi connectivity index (χ1) is 6.66. The highest BCUT2D eigenvalue weighted by Crippen LogP contribution is 2.31. The summed E-state index contributed by atoms with van der Waals surface area (Å²) in [6.07, 6.45) is 0. The Balaban J connectivity index is 2.28. The minimum atomic E-state index is -0.0235. The van der Waals surface area contributed by atoms with Crippen LogP contribution in [-0.4, -0.2) is 12.5 Å². The van der Waals surface area contributed by atoms with Crippen LogP contribution in [0, 0.1) is 0 Å². The fourth-order valence-electron chi connectivity index (χ4n) is 1.68. The molecule has 0 saturated heterocycles. The Morgan fingerprint density at radius 3 is 3.14 bits per heavy atom. The summed E-state index contributed by atoms with van der Waals surface area (Å²) in [4.78, 5) is 10.9. The molecular formula is C10H11ClN2O. The molecule has 1 aliphatic heterocycles. The number of nitrogens with one attached hydrogen (secondary N) is 2. The van der Waals surface area contributed by atoms with E-state index in [-0.39, 0.29) is 11.9 Å². The van der Waals surface area contributed by atoms with Crippen molar-refractivity contribution in [2.24, 2.45) is 0 Å². The van der Waals surface area contributed by atoms with Gasteiger partial charge in [-0.2, -0.15) is 0 Å². The number of carbonyl (C=O) groups excluding carboxylic acids is 1. The predicted octanol–water partition coefficient (Wildman–Crippen LogP) is 1.94. The van der Waals surface area contributed by atoms with Gasteiger partial charge < -0.3 is 10.6 Å². The molecule has 14 heavy (non-hydrogen) atoms. The average molecular weight is 211 g/mol. The molecule has 0 bridgehead atoms. The van der Waals surface area contributed by atoms with E-state index in [0.29, 0.717) is 5.02 Å². The highest BCUT2D eigenvalue weighted by molar-refractivity contribution is 6.30. The number of hydrogen-bond acceptors (Lipinski definition) is 2. The molecular weight excluding hydrogens is 200 g/mol. The summed E-state index contributed by atoms with van der Waals surface area (Å²) in [6, 6.07) is 5.70. The largest absolute Gasteiger partial charge is 0.382 e. The summed E-state index contributed by atoms with van der Waals surface area (Å²) in [5, 5.41) is 6.77. The monoisotopic (exact) mass is 210 g/mol. The molecule has 1 amide bonds. The third kappa shape index (κ3) is 1.68. The van der Waals surface area contributed by atoms with Crippen molar-refractivity contribution in [1.82, 2.24) is 5.32 Å². The molecule has 0 spiro atoms. The summed E-state index contributed by atoms with van der Waals surface area (Å²) >= 11 is 5.88. The van der Waals surface area contributed by atoms with Crippen molar-refractivity contribution in [1.29, 1.82) is 0 Å². The van der Waals surface area contributed by atoms with E-state index < -0.39 is 0 Å². The van der Waals surface area contributed by atoms with Crippen LogP contribution in [0.2, 0.25) is 5.02 Å². The molecule has 0 saturated carbocycles. The quantitative estimate of drug-likeness (QED) is 0.744. The number of fused-ring (bicyclic) bond motifs is 1. The van der Waals surface area contributed by atoms with Gasteiger partial charge in [0.2, 0.25) is 5.91 Å². The Labute approximate surface area is 87.4 Å². The molecule has 3 nitrogen and oxygen atoms in total. The van der Waals surface area contributed by atoms with Crippen molar-refractivity contribution in [3.05, 3.63) is 28.8 Å². The fourth-order valence-corrected chi connectivity index (χ4v) is 1.86. The van der Waals surface area contributed by atoms with Gasteiger partial charge in [-0.05, 0) is 18.2 Å². The van der Waals surface area contributed by atoms with Gasteiger partial charge in [0.25, 0.3) is 0 Å². The van der Waals surface area contributed by atoms with Gasteiger partial charge in [-0.25, -0.2) is 0 Å². The lowest BCUT2D eigenvalue weighted by atomic mass is 10.1. The standard InChI is InChI=1S/C10H11ClN2O/c1-6(14)13-10-5-12-9-3-2-7(11)4-8(9)10/h2-4,10,12H,5H2,1H3,(H,13,14). The number of benzene rings is 1. The van der Waals surface area contributed by atoms with E-state index in [0.717, 1.165) is 17.8 Å². The first-order valence-corrected chi connectivity index (χ1v) is 4.85. The lowest BCUT2D eigenvalue weighted by molar-refractivity contribution is -0.119. The molecule has 0 fully saturated rings. The van der Waals surface area contributed by atoms with Gasteiger partial charge >= 0.3 is 0 Å². The van der Waals surface area contributed by atoms with Crippen molar-refractivity contribution in [2.75, 3.05) is 11.9 Å². The molecule has 1 aromatic rings. The fraction of sp³-hybridized carbons (Fsp3) is 0.300. The summed E-state index contributed by atoms with van der Waals surface area (Å²) in [5.41, 5.74) is 2.11. The first-order valence-electron chi connectivity index (χ1n) is 4.47. The topological polar surface area (TPSA) is 41.1 Å². The van der Waals surface area contributed by atoms with Crippen molar-refractivity contribution >= 4 is 23.2 Å². The van der Waals surface area contributed by atoms with Crippen LogP contribution < -0.4 is 10.6 Å². The SMILES string of the molecule is CC(=O)NC1CNc2ccc(Cl)cc21. The van der Waals surface area contributed by atoms with Crippen LogP contribution in [0.15, 0.2) is 18.2 Å². The summed E-state index contributed by atoms with van der Waals surface area (Å²) in [7, 11) is 0. The molecule has 0 aromatic heterocycles. The van der Waals surface area contributed by atoms with Gasteiger partial charge in [-0.1, -0.05) is 11.6 Å². The Morgan fingerprint density at radius 1 is 1.64 bits per heavy atom. The molecule has 0 radical (unpaired) electrons. The van der Waals surface area contributed by atoms with Gasteiger partial charge in [-0.15, -0.1) is 0 Å². The minimum absolute atomic E-state index is 0.0235. The van der Waals surface area contributed by atoms with Crippen LogP contribution in [0.3, 0.4) is 0 Å². The summed E-state index contributed by atoms with van der Waals surface area (Å²) < 4.78 is 0. The second-order valence-electron chi connectivity index (χ2n) is 3.37. The van der Waals surface area contributed by atoms with Crippen LogP contribution in [-0.2, 0) is 4.79 Å². The molecule has 2 rings (SSSR count). The van der Waals surface area contributed by atoms with Gasteiger partial charge in [0.15, 0.2) is 0 Å². The van der Waals surface area contributed by atoms with Gasteiger partial charge in [0, 0.05) is 29.7 Å². The second-order valence-corrected chi connectivity index (χ2v) is 3.80. The van der Waals surface area contributed by atoms with Crippen LogP contribution in [0.5, 0.6) is 0 Å². The zero-order valence-electron chi connectivity index (χ0n) is 7.80.